The van der Waals surface area contributed by atoms with Crippen molar-refractivity contribution in [1.29, 1.82) is 0 Å². The molecule has 0 spiro atoms. The summed E-state index contributed by atoms with van der Waals surface area (Å²) in [4.78, 5) is 1.44. The molecule has 0 aromatic heterocycles. The van der Waals surface area contributed by atoms with Crippen LogP contribution in [0.15, 0.2) is 29.2 Å². The third-order valence-corrected chi connectivity index (χ3v) is 5.87. The van der Waals surface area contributed by atoms with Crippen molar-refractivity contribution in [3.63, 3.8) is 0 Å². The molecule has 0 bridgehead atoms. The average Bonchev–Trinajstić information content (AvgIpc) is 3.04. The zero-order chi connectivity index (χ0) is 13.1. The van der Waals surface area contributed by atoms with Gasteiger partial charge in [0, 0.05) is 21.9 Å². The van der Waals surface area contributed by atoms with Gasteiger partial charge in [-0.05, 0) is 62.3 Å². The molecule has 2 unspecified atom stereocenters. The Kier molecular flexibility index (Phi) is 4.37. The Morgan fingerprint density at radius 3 is 2.37 bits per heavy atom. The normalized spacial score (nSPS) is 27.8. The second kappa shape index (κ2) is 6.21. The molecule has 2 heteroatoms. The summed E-state index contributed by atoms with van der Waals surface area (Å²) in [6.45, 7) is 2.36. The molecule has 0 aliphatic heterocycles. The molecule has 104 valence electrons. The predicted octanol–water partition coefficient (Wildman–Crippen LogP) is 5.32. The van der Waals surface area contributed by atoms with E-state index in [9.17, 15) is 0 Å². The molecule has 2 fully saturated rings. The fourth-order valence-corrected chi connectivity index (χ4v) is 4.65. The lowest BCUT2D eigenvalue weighted by molar-refractivity contribution is 0.602. The van der Waals surface area contributed by atoms with E-state index in [1.165, 1.54) is 55.5 Å². The largest absolute Gasteiger partial charge is 0.382 e. The lowest BCUT2D eigenvalue weighted by atomic mass is 10.1. The quantitative estimate of drug-likeness (QED) is 0.798. The molecular formula is C17H25NS. The second-order valence-electron chi connectivity index (χ2n) is 6.31. The van der Waals surface area contributed by atoms with Crippen LogP contribution in [0.4, 0.5) is 5.69 Å². The maximum absolute atomic E-state index is 3.68. The first-order valence-electron chi connectivity index (χ1n) is 7.83. The van der Waals surface area contributed by atoms with Gasteiger partial charge in [-0.3, -0.25) is 0 Å². The Hall–Kier alpha value is -0.630. The van der Waals surface area contributed by atoms with E-state index in [0.29, 0.717) is 6.04 Å². The van der Waals surface area contributed by atoms with Crippen LogP contribution in [0.25, 0.3) is 0 Å². The van der Waals surface area contributed by atoms with Gasteiger partial charge < -0.3 is 5.32 Å². The van der Waals surface area contributed by atoms with Gasteiger partial charge in [0.15, 0.2) is 0 Å². The molecule has 2 aliphatic carbocycles. The van der Waals surface area contributed by atoms with E-state index in [0.717, 1.165) is 11.2 Å². The van der Waals surface area contributed by atoms with Crippen molar-refractivity contribution in [2.45, 2.75) is 68.1 Å². The SMILES string of the molecule is CC1CCC(Nc2ccc(SC3CCCC3)cc2)C1. The number of nitrogens with one attached hydrogen (secondary N) is 1. The van der Waals surface area contributed by atoms with Crippen LogP contribution in [0.3, 0.4) is 0 Å². The molecule has 0 heterocycles. The minimum atomic E-state index is 0.698. The van der Waals surface area contributed by atoms with Gasteiger partial charge in [0.05, 0.1) is 0 Å². The summed E-state index contributed by atoms with van der Waals surface area (Å²) >= 11 is 2.08. The molecule has 0 amide bonds. The second-order valence-corrected chi connectivity index (χ2v) is 7.68. The highest BCUT2D eigenvalue weighted by molar-refractivity contribution is 8.00. The summed E-state index contributed by atoms with van der Waals surface area (Å²) in [5, 5.41) is 4.55. The van der Waals surface area contributed by atoms with Gasteiger partial charge in [-0.2, -0.15) is 0 Å². The van der Waals surface area contributed by atoms with E-state index in [-0.39, 0.29) is 0 Å². The lowest BCUT2D eigenvalue weighted by Gasteiger charge is -2.15. The van der Waals surface area contributed by atoms with Gasteiger partial charge in [-0.1, -0.05) is 19.8 Å². The molecular weight excluding hydrogens is 250 g/mol. The highest BCUT2D eigenvalue weighted by atomic mass is 32.2. The first kappa shape index (κ1) is 13.4. The number of benzene rings is 1. The van der Waals surface area contributed by atoms with Crippen molar-refractivity contribution in [2.24, 2.45) is 5.92 Å². The van der Waals surface area contributed by atoms with Crippen LogP contribution in [0.1, 0.15) is 51.9 Å². The van der Waals surface area contributed by atoms with Gasteiger partial charge in [-0.15, -0.1) is 11.8 Å². The molecule has 0 radical (unpaired) electrons. The van der Waals surface area contributed by atoms with E-state index in [1.807, 2.05) is 0 Å². The summed E-state index contributed by atoms with van der Waals surface area (Å²) in [7, 11) is 0. The van der Waals surface area contributed by atoms with Crippen molar-refractivity contribution in [3.05, 3.63) is 24.3 Å². The number of hydrogen-bond acceptors (Lipinski definition) is 2. The molecule has 2 atom stereocenters. The van der Waals surface area contributed by atoms with Crippen LogP contribution in [0.2, 0.25) is 0 Å². The first-order chi connectivity index (χ1) is 9.29. The van der Waals surface area contributed by atoms with Crippen molar-refractivity contribution in [3.8, 4) is 0 Å². The number of thioether (sulfide) groups is 1. The highest BCUT2D eigenvalue weighted by Gasteiger charge is 2.21. The van der Waals surface area contributed by atoms with Gasteiger partial charge in [-0.25, -0.2) is 0 Å². The van der Waals surface area contributed by atoms with Crippen molar-refractivity contribution in [2.75, 3.05) is 5.32 Å². The minimum absolute atomic E-state index is 0.698. The third-order valence-electron chi connectivity index (χ3n) is 4.52. The topological polar surface area (TPSA) is 12.0 Å². The summed E-state index contributed by atoms with van der Waals surface area (Å²) in [6, 6.07) is 9.82. The molecule has 1 N–H and O–H groups in total. The van der Waals surface area contributed by atoms with Crippen LogP contribution in [0, 0.1) is 5.92 Å². The fraction of sp³-hybridized carbons (Fsp3) is 0.647. The van der Waals surface area contributed by atoms with E-state index < -0.39 is 0 Å². The van der Waals surface area contributed by atoms with Gasteiger partial charge in [0.1, 0.15) is 0 Å². The van der Waals surface area contributed by atoms with E-state index in [4.69, 9.17) is 0 Å². The Balaban J connectivity index is 1.53. The van der Waals surface area contributed by atoms with Gasteiger partial charge in [0.25, 0.3) is 0 Å². The maximum Gasteiger partial charge on any atom is 0.0343 e. The standard InChI is InChI=1S/C17H25NS/c1-13-6-7-15(12-13)18-14-8-10-17(11-9-14)19-16-4-2-3-5-16/h8-11,13,15-16,18H,2-7,12H2,1H3. The van der Waals surface area contributed by atoms with Gasteiger partial charge >= 0.3 is 0 Å². The summed E-state index contributed by atoms with van der Waals surface area (Å²) in [5.41, 5.74) is 1.30. The van der Waals surface area contributed by atoms with Crippen LogP contribution in [-0.2, 0) is 0 Å². The van der Waals surface area contributed by atoms with E-state index in [1.54, 1.807) is 0 Å². The van der Waals surface area contributed by atoms with Crippen LogP contribution < -0.4 is 5.32 Å². The Labute approximate surface area is 121 Å². The number of anilines is 1. The fourth-order valence-electron chi connectivity index (χ4n) is 3.40. The van der Waals surface area contributed by atoms with Crippen molar-refractivity contribution < 1.29 is 0 Å². The highest BCUT2D eigenvalue weighted by Crippen LogP contribution is 2.35. The average molecular weight is 275 g/mol. The smallest absolute Gasteiger partial charge is 0.0343 e. The van der Waals surface area contributed by atoms with Crippen molar-refractivity contribution in [1.82, 2.24) is 0 Å². The van der Waals surface area contributed by atoms with Crippen molar-refractivity contribution >= 4 is 17.4 Å². The summed E-state index contributed by atoms with van der Waals surface area (Å²) in [5.74, 6) is 0.898. The van der Waals surface area contributed by atoms with E-state index >= 15 is 0 Å². The maximum atomic E-state index is 3.68. The Morgan fingerprint density at radius 1 is 1.00 bits per heavy atom. The summed E-state index contributed by atoms with van der Waals surface area (Å²) in [6.07, 6.45) is 9.72. The molecule has 3 rings (SSSR count). The Bertz CT molecular complexity index is 394. The molecule has 2 aliphatic rings. The molecule has 0 saturated heterocycles. The lowest BCUT2D eigenvalue weighted by Crippen LogP contribution is -2.14. The summed E-state index contributed by atoms with van der Waals surface area (Å²) < 4.78 is 0. The van der Waals surface area contributed by atoms with Crippen LogP contribution >= 0.6 is 11.8 Å². The molecule has 19 heavy (non-hydrogen) atoms. The molecule has 2 saturated carbocycles. The van der Waals surface area contributed by atoms with Crippen LogP contribution in [0.5, 0.6) is 0 Å². The number of hydrogen-bond donors (Lipinski definition) is 1. The monoisotopic (exact) mass is 275 g/mol. The molecule has 1 aromatic rings. The zero-order valence-corrected chi connectivity index (χ0v) is 12.7. The third kappa shape index (κ3) is 3.68. The van der Waals surface area contributed by atoms with Crippen LogP contribution in [-0.4, -0.2) is 11.3 Å². The van der Waals surface area contributed by atoms with E-state index in [2.05, 4.69) is 48.3 Å². The number of rotatable bonds is 4. The molecule has 1 aromatic carbocycles. The molecule has 1 nitrogen and oxygen atoms in total. The van der Waals surface area contributed by atoms with Gasteiger partial charge in [0.2, 0.25) is 0 Å². The first-order valence-corrected chi connectivity index (χ1v) is 8.71. The minimum Gasteiger partial charge on any atom is -0.382 e. The Morgan fingerprint density at radius 2 is 1.74 bits per heavy atom. The zero-order valence-electron chi connectivity index (χ0n) is 11.9. The predicted molar refractivity (Wildman–Crippen MR) is 85.0 cm³/mol.